The van der Waals surface area contributed by atoms with E-state index in [1.54, 1.807) is 51.3 Å². The maximum Gasteiger partial charge on any atom is 0.255 e. The second-order valence-electron chi connectivity index (χ2n) is 11.4. The van der Waals surface area contributed by atoms with E-state index in [4.69, 9.17) is 11.5 Å². The number of hydrogen-bond donors (Lipinski definition) is 6. The number of ketones is 2. The summed E-state index contributed by atoms with van der Waals surface area (Å²) in [7, 11) is 6.66. The number of anilines is 1. The summed E-state index contributed by atoms with van der Waals surface area (Å²) in [5.41, 5.74) is 9.14. The molecule has 8 N–H and O–H groups in total. The Balaban J connectivity index is 1.75. The van der Waals surface area contributed by atoms with Gasteiger partial charge in [0.2, 0.25) is 11.7 Å². The molecular weight excluding hydrogens is 544 g/mol. The summed E-state index contributed by atoms with van der Waals surface area (Å²) in [6, 6.07) is 6.74. The van der Waals surface area contributed by atoms with Crippen molar-refractivity contribution in [3.8, 4) is 16.9 Å². The third-order valence-corrected chi connectivity index (χ3v) is 8.66. The first-order valence-electron chi connectivity index (χ1n) is 13.2. The number of aliphatic hydroxyl groups is 3. The van der Waals surface area contributed by atoms with E-state index >= 15 is 0 Å². The number of rotatable bonds is 5. The van der Waals surface area contributed by atoms with Crippen LogP contribution in [0.5, 0.6) is 5.75 Å². The Kier molecular flexibility index (Phi) is 6.66. The third-order valence-electron chi connectivity index (χ3n) is 8.66. The Bertz CT molecular complexity index is 1640. The molecule has 220 valence electrons. The Morgan fingerprint density at radius 1 is 0.976 bits per heavy atom. The molecule has 2 aromatic rings. The van der Waals surface area contributed by atoms with Crippen molar-refractivity contribution in [2.24, 2.45) is 23.3 Å². The van der Waals surface area contributed by atoms with E-state index in [1.807, 2.05) is 0 Å². The van der Waals surface area contributed by atoms with Crippen molar-refractivity contribution in [3.05, 3.63) is 63.9 Å². The third kappa shape index (κ3) is 3.90. The van der Waals surface area contributed by atoms with Crippen molar-refractivity contribution >= 4 is 34.8 Å². The molecular formula is C30H32N4O8. The van der Waals surface area contributed by atoms with Crippen LogP contribution in [0.25, 0.3) is 16.9 Å². The molecule has 3 aliphatic rings. The van der Waals surface area contributed by atoms with Crippen LogP contribution in [-0.2, 0) is 20.8 Å². The highest BCUT2D eigenvalue weighted by molar-refractivity contribution is 6.24. The molecule has 3 aliphatic carbocycles. The van der Waals surface area contributed by atoms with Crippen LogP contribution in [0.4, 0.5) is 5.69 Å². The number of phenols is 1. The van der Waals surface area contributed by atoms with Crippen molar-refractivity contribution in [2.75, 3.05) is 33.1 Å². The molecule has 1 saturated carbocycles. The van der Waals surface area contributed by atoms with Crippen molar-refractivity contribution in [1.29, 1.82) is 0 Å². The number of primary amides is 2. The molecule has 0 spiro atoms. The fraction of sp³-hybridized carbons (Fsp3) is 0.333. The molecule has 2 aromatic carbocycles. The number of aromatic hydroxyl groups is 1. The Morgan fingerprint density at radius 2 is 1.60 bits per heavy atom. The lowest BCUT2D eigenvalue weighted by molar-refractivity contribution is -0.153. The lowest BCUT2D eigenvalue weighted by atomic mass is 9.57. The first kappa shape index (κ1) is 28.8. The molecule has 4 atom stereocenters. The molecule has 1 fully saturated rings. The minimum Gasteiger partial charge on any atom is -0.508 e. The lowest BCUT2D eigenvalue weighted by Crippen LogP contribution is -2.65. The van der Waals surface area contributed by atoms with E-state index in [9.17, 15) is 39.6 Å². The Labute approximate surface area is 241 Å². The molecule has 12 heteroatoms. The molecule has 0 saturated heterocycles. The number of hydrogen-bond acceptors (Lipinski definition) is 10. The first-order valence-corrected chi connectivity index (χ1v) is 13.2. The number of fused-ring (bicyclic) bond motifs is 3. The number of carbonyl (C=O) groups excluding carboxylic acids is 4. The van der Waals surface area contributed by atoms with E-state index < -0.39 is 64.0 Å². The minimum atomic E-state index is -2.72. The molecule has 0 unspecified atom stereocenters. The van der Waals surface area contributed by atoms with Gasteiger partial charge >= 0.3 is 0 Å². The SMILES string of the molecule is CN(C)c1cc(-c2ccc(C(N)=O)cc2)c(O)c2c1C[C@H]1C[C@H]3[C@H](N(C)C)C(=O)C(C(N)=O)=C(O)[C@@]3(O)C(=O)C1=C2O. The van der Waals surface area contributed by atoms with Gasteiger partial charge in [-0.1, -0.05) is 12.1 Å². The number of nitrogens with zero attached hydrogens (tertiary/aromatic N) is 2. The Hall–Kier alpha value is -4.68. The first-order chi connectivity index (χ1) is 19.6. The summed E-state index contributed by atoms with van der Waals surface area (Å²) in [6.45, 7) is 0. The average Bonchev–Trinajstić information content (AvgIpc) is 2.90. The van der Waals surface area contributed by atoms with Crippen molar-refractivity contribution in [1.82, 2.24) is 4.90 Å². The number of phenolic OH excluding ortho intramolecular Hbond substituents is 1. The van der Waals surface area contributed by atoms with Gasteiger partial charge in [0.1, 0.15) is 22.8 Å². The normalized spacial score (nSPS) is 25.2. The summed E-state index contributed by atoms with van der Waals surface area (Å²) in [5.74, 6) is -7.70. The molecule has 0 aliphatic heterocycles. The van der Waals surface area contributed by atoms with Crippen LogP contribution in [0.15, 0.2) is 47.2 Å². The molecule has 0 heterocycles. The van der Waals surface area contributed by atoms with Crippen molar-refractivity contribution < 1.29 is 39.6 Å². The zero-order valence-electron chi connectivity index (χ0n) is 23.5. The largest absolute Gasteiger partial charge is 0.508 e. The van der Waals surface area contributed by atoms with Gasteiger partial charge in [0.25, 0.3) is 5.91 Å². The van der Waals surface area contributed by atoms with Crippen LogP contribution in [0.1, 0.15) is 27.9 Å². The number of likely N-dealkylation sites (N-methyl/N-ethyl adjacent to an activating group) is 1. The maximum atomic E-state index is 14.1. The summed E-state index contributed by atoms with van der Waals surface area (Å²) >= 11 is 0. The smallest absolute Gasteiger partial charge is 0.255 e. The second kappa shape index (κ2) is 9.71. The van der Waals surface area contributed by atoms with Crippen LogP contribution in [0.3, 0.4) is 0 Å². The minimum absolute atomic E-state index is 0.00424. The molecule has 0 bridgehead atoms. The monoisotopic (exact) mass is 576 g/mol. The predicted octanol–water partition coefficient (Wildman–Crippen LogP) is 0.796. The fourth-order valence-corrected chi connectivity index (χ4v) is 6.72. The zero-order chi connectivity index (χ0) is 31.0. The van der Waals surface area contributed by atoms with Crippen LogP contribution >= 0.6 is 0 Å². The van der Waals surface area contributed by atoms with Gasteiger partial charge in [0, 0.05) is 42.4 Å². The lowest BCUT2D eigenvalue weighted by Gasteiger charge is -2.50. The number of amides is 2. The van der Waals surface area contributed by atoms with E-state index in [0.29, 0.717) is 22.4 Å². The molecule has 0 aromatic heterocycles. The Morgan fingerprint density at radius 3 is 2.12 bits per heavy atom. The quantitative estimate of drug-likeness (QED) is 0.276. The van der Waals surface area contributed by atoms with Gasteiger partial charge in [-0.2, -0.15) is 0 Å². The summed E-state index contributed by atoms with van der Waals surface area (Å²) in [5, 5.41) is 45.9. The maximum absolute atomic E-state index is 14.1. The van der Waals surface area contributed by atoms with Crippen molar-refractivity contribution in [2.45, 2.75) is 24.5 Å². The van der Waals surface area contributed by atoms with Gasteiger partial charge in [-0.05, 0) is 62.2 Å². The molecule has 42 heavy (non-hydrogen) atoms. The van der Waals surface area contributed by atoms with Crippen LogP contribution < -0.4 is 16.4 Å². The van der Waals surface area contributed by atoms with Crippen LogP contribution in [-0.4, -0.2) is 88.5 Å². The topological polar surface area (TPSA) is 208 Å². The molecule has 2 amide bonds. The average molecular weight is 577 g/mol. The summed E-state index contributed by atoms with van der Waals surface area (Å²) in [6.07, 6.45) is 0.159. The number of nitrogens with two attached hydrogens (primary N) is 2. The predicted molar refractivity (Wildman–Crippen MR) is 153 cm³/mol. The van der Waals surface area contributed by atoms with Gasteiger partial charge in [0.05, 0.1) is 11.6 Å². The summed E-state index contributed by atoms with van der Waals surface area (Å²) < 4.78 is 0. The van der Waals surface area contributed by atoms with E-state index in [0.717, 1.165) is 0 Å². The summed E-state index contributed by atoms with van der Waals surface area (Å²) in [4.78, 5) is 54.3. The second-order valence-corrected chi connectivity index (χ2v) is 11.4. The van der Waals surface area contributed by atoms with Gasteiger partial charge in [-0.15, -0.1) is 0 Å². The number of aliphatic hydroxyl groups excluding tert-OH is 2. The van der Waals surface area contributed by atoms with Crippen LogP contribution in [0.2, 0.25) is 0 Å². The van der Waals surface area contributed by atoms with E-state index in [2.05, 4.69) is 0 Å². The van der Waals surface area contributed by atoms with Gasteiger partial charge in [-0.25, -0.2) is 0 Å². The van der Waals surface area contributed by atoms with Crippen molar-refractivity contribution in [3.63, 3.8) is 0 Å². The molecule has 0 radical (unpaired) electrons. The van der Waals surface area contributed by atoms with Crippen LogP contribution in [0, 0.1) is 11.8 Å². The number of carbonyl (C=O) groups is 4. The standard InChI is InChI=1S/C30H32N4O8/c1-33(2)18-11-15(12-5-7-13(8-6-12)28(31)40)23(35)20-16(18)9-14-10-17-22(34(3)4)25(37)21(29(32)41)27(39)30(17,42)26(38)19(14)24(20)36/h5-8,11,14,17,22,35-36,39,42H,9-10H2,1-4H3,(H2,31,40)(H2,32,41)/t14-,17-,22-,30-/m0/s1. The zero-order valence-corrected chi connectivity index (χ0v) is 23.5. The fourth-order valence-electron chi connectivity index (χ4n) is 6.72. The molecule has 5 rings (SSSR count). The highest BCUT2D eigenvalue weighted by Gasteiger charge is 2.64. The molecule has 12 nitrogen and oxygen atoms in total. The van der Waals surface area contributed by atoms with Gasteiger partial charge in [0.15, 0.2) is 11.4 Å². The highest BCUT2D eigenvalue weighted by Crippen LogP contribution is 2.54. The van der Waals surface area contributed by atoms with Gasteiger partial charge < -0.3 is 36.8 Å². The van der Waals surface area contributed by atoms with Gasteiger partial charge in [-0.3, -0.25) is 24.1 Å². The number of Topliss-reactive ketones (excluding diaryl/α,β-unsaturated/α-hetero) is 2. The van der Waals surface area contributed by atoms with E-state index in [1.165, 1.54) is 17.0 Å². The van der Waals surface area contributed by atoms with E-state index in [-0.39, 0.29) is 35.3 Å². The number of benzene rings is 2. The highest BCUT2D eigenvalue weighted by atomic mass is 16.3.